The molecule has 0 aliphatic carbocycles. The van der Waals surface area contributed by atoms with E-state index in [1.165, 1.54) is 18.4 Å². The SMILES string of the molecule is CCN(CC1CCCN(CCc2cccc(OC)c2)C1)C(O)c1cc2ccccc2[nH]1. The Morgan fingerprint density at radius 2 is 2.06 bits per heavy atom. The standard InChI is InChI=1S/C26H35N3O2/c1-3-29(26(30)25-17-22-10-4-5-12-24(22)27-25)19-21-9-7-14-28(18-21)15-13-20-8-6-11-23(16-20)31-2/h4-6,8,10-12,16-17,21,26-27,30H,3,7,9,13-15,18-19H2,1-2H3. The van der Waals surface area contributed by atoms with Crippen molar-refractivity contribution in [3.05, 3.63) is 65.9 Å². The molecule has 5 heteroatoms. The second-order valence-corrected chi connectivity index (χ2v) is 8.68. The number of H-pyrrole nitrogens is 1. The number of para-hydroxylation sites is 1. The van der Waals surface area contributed by atoms with Crippen molar-refractivity contribution in [1.29, 1.82) is 0 Å². The molecule has 2 aromatic carbocycles. The van der Waals surface area contributed by atoms with Gasteiger partial charge in [0.1, 0.15) is 12.0 Å². The van der Waals surface area contributed by atoms with Crippen molar-refractivity contribution in [3.8, 4) is 5.75 Å². The lowest BCUT2D eigenvalue weighted by Crippen LogP contribution is -2.42. The van der Waals surface area contributed by atoms with Gasteiger partial charge in [0.2, 0.25) is 0 Å². The topological polar surface area (TPSA) is 51.7 Å². The molecule has 2 unspecified atom stereocenters. The Morgan fingerprint density at radius 3 is 2.87 bits per heavy atom. The molecular weight excluding hydrogens is 386 g/mol. The lowest BCUT2D eigenvalue weighted by atomic mass is 9.96. The van der Waals surface area contributed by atoms with E-state index in [0.29, 0.717) is 5.92 Å². The van der Waals surface area contributed by atoms with Gasteiger partial charge in [0, 0.05) is 25.2 Å². The average Bonchev–Trinajstić information content (AvgIpc) is 3.25. The lowest BCUT2D eigenvalue weighted by molar-refractivity contribution is -0.0149. The minimum atomic E-state index is -0.593. The van der Waals surface area contributed by atoms with E-state index in [1.54, 1.807) is 7.11 Å². The summed E-state index contributed by atoms with van der Waals surface area (Å²) in [5, 5.41) is 12.2. The molecule has 1 aromatic heterocycles. The highest BCUT2D eigenvalue weighted by molar-refractivity contribution is 5.80. The second kappa shape index (κ2) is 10.3. The number of aromatic nitrogens is 1. The zero-order valence-electron chi connectivity index (χ0n) is 18.8. The molecule has 0 saturated carbocycles. The molecule has 2 N–H and O–H groups in total. The van der Waals surface area contributed by atoms with Crippen LogP contribution >= 0.6 is 0 Å². The quantitative estimate of drug-likeness (QED) is 0.502. The van der Waals surface area contributed by atoms with Crippen LogP contribution in [0.5, 0.6) is 5.75 Å². The first-order valence-electron chi connectivity index (χ1n) is 11.5. The van der Waals surface area contributed by atoms with Crippen molar-refractivity contribution in [3.63, 3.8) is 0 Å². The van der Waals surface area contributed by atoms with Crippen molar-refractivity contribution >= 4 is 10.9 Å². The van der Waals surface area contributed by atoms with Crippen LogP contribution in [-0.4, -0.2) is 59.7 Å². The van der Waals surface area contributed by atoms with Gasteiger partial charge in [-0.05, 0) is 73.5 Å². The summed E-state index contributed by atoms with van der Waals surface area (Å²) in [6.45, 7) is 7.21. The molecule has 1 aliphatic rings. The number of benzene rings is 2. The molecule has 166 valence electrons. The van der Waals surface area contributed by atoms with Crippen molar-refractivity contribution in [2.45, 2.75) is 32.4 Å². The van der Waals surface area contributed by atoms with E-state index in [-0.39, 0.29) is 0 Å². The number of aromatic amines is 1. The van der Waals surface area contributed by atoms with E-state index in [4.69, 9.17) is 4.74 Å². The van der Waals surface area contributed by atoms with Crippen molar-refractivity contribution in [2.75, 3.05) is 39.8 Å². The summed E-state index contributed by atoms with van der Waals surface area (Å²) in [4.78, 5) is 8.17. The normalized spacial score (nSPS) is 18.5. The van der Waals surface area contributed by atoms with Crippen LogP contribution in [0.1, 0.15) is 37.3 Å². The Morgan fingerprint density at radius 1 is 1.19 bits per heavy atom. The number of aliphatic hydroxyl groups is 1. The van der Waals surface area contributed by atoms with Crippen LogP contribution in [-0.2, 0) is 6.42 Å². The molecule has 0 radical (unpaired) electrons. The van der Waals surface area contributed by atoms with Crippen LogP contribution in [0.2, 0.25) is 0 Å². The molecule has 5 nitrogen and oxygen atoms in total. The van der Waals surface area contributed by atoms with E-state index in [0.717, 1.165) is 61.5 Å². The largest absolute Gasteiger partial charge is 0.497 e. The van der Waals surface area contributed by atoms with Crippen LogP contribution in [0.4, 0.5) is 0 Å². The van der Waals surface area contributed by atoms with Gasteiger partial charge < -0.3 is 19.7 Å². The molecule has 2 atom stereocenters. The summed E-state index contributed by atoms with van der Waals surface area (Å²) < 4.78 is 5.35. The molecule has 2 heterocycles. The maximum atomic E-state index is 11.0. The number of rotatable bonds is 9. The summed E-state index contributed by atoms with van der Waals surface area (Å²) in [5.74, 6) is 1.51. The molecule has 0 bridgehead atoms. The summed E-state index contributed by atoms with van der Waals surface area (Å²) in [5.41, 5.74) is 3.29. The first-order valence-corrected chi connectivity index (χ1v) is 11.5. The summed E-state index contributed by atoms with van der Waals surface area (Å²) in [6.07, 6.45) is 2.90. The van der Waals surface area contributed by atoms with Gasteiger partial charge in [-0.25, -0.2) is 0 Å². The number of likely N-dealkylation sites (tertiary alicyclic amines) is 1. The number of piperidine rings is 1. The molecule has 1 fully saturated rings. The van der Waals surface area contributed by atoms with Crippen molar-refractivity contribution in [2.24, 2.45) is 5.92 Å². The van der Waals surface area contributed by atoms with Crippen molar-refractivity contribution < 1.29 is 9.84 Å². The Kier molecular flexibility index (Phi) is 7.28. The van der Waals surface area contributed by atoms with Gasteiger partial charge in [-0.2, -0.15) is 0 Å². The van der Waals surface area contributed by atoms with E-state index in [1.807, 2.05) is 18.2 Å². The number of fused-ring (bicyclic) bond motifs is 1. The first-order chi connectivity index (χ1) is 15.2. The highest BCUT2D eigenvalue weighted by Crippen LogP contribution is 2.25. The van der Waals surface area contributed by atoms with Crippen LogP contribution < -0.4 is 4.74 Å². The average molecular weight is 422 g/mol. The zero-order valence-corrected chi connectivity index (χ0v) is 18.8. The van der Waals surface area contributed by atoms with E-state index in [2.05, 4.69) is 58.1 Å². The second-order valence-electron chi connectivity index (χ2n) is 8.68. The number of aliphatic hydroxyl groups excluding tert-OH is 1. The van der Waals surface area contributed by atoms with Crippen LogP contribution in [0.3, 0.4) is 0 Å². The molecule has 3 aromatic rings. The predicted molar refractivity (Wildman–Crippen MR) is 126 cm³/mol. The van der Waals surface area contributed by atoms with Gasteiger partial charge in [0.05, 0.1) is 12.8 Å². The molecule has 4 rings (SSSR count). The number of nitrogens with zero attached hydrogens (tertiary/aromatic N) is 2. The lowest BCUT2D eigenvalue weighted by Gasteiger charge is -2.36. The van der Waals surface area contributed by atoms with Gasteiger partial charge in [-0.3, -0.25) is 4.90 Å². The number of hydrogen-bond donors (Lipinski definition) is 2. The molecule has 0 spiro atoms. The number of methoxy groups -OCH3 is 1. The fourth-order valence-corrected chi connectivity index (χ4v) is 4.78. The van der Waals surface area contributed by atoms with Crippen LogP contribution in [0, 0.1) is 5.92 Å². The number of ether oxygens (including phenoxy) is 1. The zero-order chi connectivity index (χ0) is 21.6. The van der Waals surface area contributed by atoms with Gasteiger partial charge in [-0.15, -0.1) is 0 Å². The Hall–Kier alpha value is -2.34. The molecular formula is C26H35N3O2. The number of nitrogens with one attached hydrogen (secondary N) is 1. The van der Waals surface area contributed by atoms with E-state index in [9.17, 15) is 5.11 Å². The smallest absolute Gasteiger partial charge is 0.148 e. The molecule has 0 amide bonds. The van der Waals surface area contributed by atoms with E-state index < -0.39 is 6.23 Å². The van der Waals surface area contributed by atoms with Crippen LogP contribution in [0.15, 0.2) is 54.6 Å². The summed E-state index contributed by atoms with van der Waals surface area (Å²) in [7, 11) is 1.72. The highest BCUT2D eigenvalue weighted by atomic mass is 16.5. The third kappa shape index (κ3) is 5.48. The highest BCUT2D eigenvalue weighted by Gasteiger charge is 2.25. The van der Waals surface area contributed by atoms with Crippen molar-refractivity contribution in [1.82, 2.24) is 14.8 Å². The van der Waals surface area contributed by atoms with E-state index >= 15 is 0 Å². The predicted octanol–water partition coefficient (Wildman–Crippen LogP) is 4.44. The summed E-state index contributed by atoms with van der Waals surface area (Å²) >= 11 is 0. The first kappa shape index (κ1) is 21.9. The fraction of sp³-hybridized carbons (Fsp3) is 0.462. The van der Waals surface area contributed by atoms with Gasteiger partial charge in [-0.1, -0.05) is 37.3 Å². The molecule has 1 saturated heterocycles. The maximum Gasteiger partial charge on any atom is 0.148 e. The molecule has 1 aliphatic heterocycles. The maximum absolute atomic E-state index is 11.0. The minimum Gasteiger partial charge on any atom is -0.497 e. The van der Waals surface area contributed by atoms with Crippen LogP contribution in [0.25, 0.3) is 10.9 Å². The minimum absolute atomic E-state index is 0.582. The Labute approximate surface area is 185 Å². The Bertz CT molecular complexity index is 937. The monoisotopic (exact) mass is 421 g/mol. The number of hydrogen-bond acceptors (Lipinski definition) is 4. The Balaban J connectivity index is 1.33. The third-order valence-electron chi connectivity index (χ3n) is 6.53. The van der Waals surface area contributed by atoms with Gasteiger partial charge in [0.25, 0.3) is 0 Å². The summed E-state index contributed by atoms with van der Waals surface area (Å²) in [6, 6.07) is 18.7. The fourth-order valence-electron chi connectivity index (χ4n) is 4.78. The molecule has 31 heavy (non-hydrogen) atoms. The third-order valence-corrected chi connectivity index (χ3v) is 6.53. The van der Waals surface area contributed by atoms with Gasteiger partial charge in [0.15, 0.2) is 0 Å². The van der Waals surface area contributed by atoms with Gasteiger partial charge >= 0.3 is 0 Å².